The average molecular weight is 219 g/mol. The van der Waals surface area contributed by atoms with Crippen LogP contribution in [-0.4, -0.2) is 10.2 Å². The van der Waals surface area contributed by atoms with E-state index in [0.29, 0.717) is 11.4 Å². The van der Waals surface area contributed by atoms with Crippen LogP contribution in [0.3, 0.4) is 0 Å². The molecule has 0 amide bonds. The first kappa shape index (κ1) is 10.4. The highest BCUT2D eigenvalue weighted by Gasteiger charge is 2.03. The van der Waals surface area contributed by atoms with E-state index < -0.39 is 0 Å². The Kier molecular flexibility index (Phi) is 2.98. The van der Waals surface area contributed by atoms with Crippen LogP contribution in [0.25, 0.3) is 0 Å². The Balaban J connectivity index is 2.30. The molecule has 2 rings (SSSR count). The molecule has 1 aromatic heterocycles. The van der Waals surface area contributed by atoms with Crippen LogP contribution in [-0.2, 0) is 0 Å². The first-order chi connectivity index (χ1) is 7.79. The van der Waals surface area contributed by atoms with Gasteiger partial charge >= 0.3 is 0 Å². The van der Waals surface area contributed by atoms with Crippen LogP contribution in [0.4, 0.5) is 21.5 Å². The highest BCUT2D eigenvalue weighted by molar-refractivity contribution is 5.73. The molecular formula is C11H10FN3O. The zero-order chi connectivity index (χ0) is 11.4. The van der Waals surface area contributed by atoms with Crippen molar-refractivity contribution in [1.29, 1.82) is 0 Å². The second-order valence-corrected chi connectivity index (χ2v) is 3.16. The van der Waals surface area contributed by atoms with Crippen LogP contribution in [0.15, 0.2) is 42.7 Å². The fourth-order valence-corrected chi connectivity index (χ4v) is 1.31. The van der Waals surface area contributed by atoms with Crippen molar-refractivity contribution in [3.8, 4) is 0 Å². The summed E-state index contributed by atoms with van der Waals surface area (Å²) in [6.07, 6.45) is 3.24. The van der Waals surface area contributed by atoms with Crippen LogP contribution in [0.2, 0.25) is 0 Å². The van der Waals surface area contributed by atoms with Crippen molar-refractivity contribution in [3.05, 3.63) is 48.5 Å². The Morgan fingerprint density at radius 2 is 1.81 bits per heavy atom. The van der Waals surface area contributed by atoms with Gasteiger partial charge in [0.2, 0.25) is 0 Å². The molecule has 16 heavy (non-hydrogen) atoms. The molecular weight excluding hydrogens is 209 g/mol. The Hall–Kier alpha value is -2.14. The number of halogens is 1. The van der Waals surface area contributed by atoms with Crippen LogP contribution >= 0.6 is 0 Å². The van der Waals surface area contributed by atoms with Gasteiger partial charge in [-0.2, -0.15) is 0 Å². The van der Waals surface area contributed by atoms with Crippen molar-refractivity contribution in [2.45, 2.75) is 0 Å². The lowest BCUT2D eigenvalue weighted by Gasteiger charge is -2.10. The van der Waals surface area contributed by atoms with E-state index in [-0.39, 0.29) is 5.82 Å². The summed E-state index contributed by atoms with van der Waals surface area (Å²) in [7, 11) is 0. The first-order valence-electron chi connectivity index (χ1n) is 4.66. The maximum Gasteiger partial charge on any atom is 0.125 e. The Morgan fingerprint density at radius 1 is 1.06 bits per heavy atom. The molecule has 1 aromatic carbocycles. The van der Waals surface area contributed by atoms with Crippen molar-refractivity contribution in [3.63, 3.8) is 0 Å². The standard InChI is InChI=1S/C11H10FN3O/c12-8-1-2-10(15-16)11(7-8)14-9-3-5-13-6-4-9/h1-7,15-16H,(H,13,14). The van der Waals surface area contributed by atoms with Crippen molar-refractivity contribution in [2.24, 2.45) is 0 Å². The van der Waals surface area contributed by atoms with E-state index in [4.69, 9.17) is 5.21 Å². The molecule has 1 heterocycles. The monoisotopic (exact) mass is 219 g/mol. The molecule has 3 N–H and O–H groups in total. The number of nitrogens with one attached hydrogen (secondary N) is 2. The molecule has 0 saturated heterocycles. The fraction of sp³-hybridized carbons (Fsp3) is 0. The van der Waals surface area contributed by atoms with Gasteiger partial charge in [0.1, 0.15) is 5.82 Å². The van der Waals surface area contributed by atoms with E-state index in [0.717, 1.165) is 5.69 Å². The number of benzene rings is 1. The zero-order valence-electron chi connectivity index (χ0n) is 8.31. The van der Waals surface area contributed by atoms with Crippen LogP contribution in [0.5, 0.6) is 0 Å². The predicted molar refractivity (Wildman–Crippen MR) is 59.3 cm³/mol. The lowest BCUT2D eigenvalue weighted by Crippen LogP contribution is -1.98. The van der Waals surface area contributed by atoms with E-state index in [1.807, 2.05) is 5.48 Å². The minimum Gasteiger partial charge on any atom is -0.354 e. The van der Waals surface area contributed by atoms with Crippen molar-refractivity contribution < 1.29 is 9.60 Å². The number of nitrogens with zero attached hydrogens (tertiary/aromatic N) is 1. The number of hydrogen-bond acceptors (Lipinski definition) is 4. The zero-order valence-corrected chi connectivity index (χ0v) is 8.31. The van der Waals surface area contributed by atoms with E-state index in [1.165, 1.54) is 18.2 Å². The molecule has 0 bridgehead atoms. The molecule has 5 heteroatoms. The van der Waals surface area contributed by atoms with Crippen molar-refractivity contribution in [1.82, 2.24) is 4.98 Å². The van der Waals surface area contributed by atoms with Crippen molar-refractivity contribution >= 4 is 17.1 Å². The maximum atomic E-state index is 13.0. The van der Waals surface area contributed by atoms with Crippen molar-refractivity contribution in [2.75, 3.05) is 10.8 Å². The number of aromatic nitrogens is 1. The second kappa shape index (κ2) is 4.59. The number of hydrogen-bond donors (Lipinski definition) is 3. The summed E-state index contributed by atoms with van der Waals surface area (Å²) >= 11 is 0. The van der Waals surface area contributed by atoms with E-state index >= 15 is 0 Å². The SMILES string of the molecule is ONc1ccc(F)cc1Nc1ccncc1. The summed E-state index contributed by atoms with van der Waals surface area (Å²) in [4.78, 5) is 3.87. The number of pyridine rings is 1. The molecule has 82 valence electrons. The van der Waals surface area contributed by atoms with Gasteiger partial charge in [0.05, 0.1) is 11.4 Å². The Morgan fingerprint density at radius 3 is 2.50 bits per heavy atom. The maximum absolute atomic E-state index is 13.0. The Labute approximate surface area is 91.7 Å². The third-order valence-corrected chi connectivity index (χ3v) is 2.06. The molecule has 2 aromatic rings. The largest absolute Gasteiger partial charge is 0.354 e. The van der Waals surface area contributed by atoms with Gasteiger partial charge in [-0.05, 0) is 30.3 Å². The van der Waals surface area contributed by atoms with E-state index in [2.05, 4.69) is 10.3 Å². The molecule has 0 saturated carbocycles. The molecule has 0 unspecified atom stereocenters. The molecule has 0 radical (unpaired) electrons. The molecule has 0 aliphatic heterocycles. The average Bonchev–Trinajstić information content (AvgIpc) is 2.31. The van der Waals surface area contributed by atoms with Gasteiger partial charge < -0.3 is 5.32 Å². The summed E-state index contributed by atoms with van der Waals surface area (Å²) in [6.45, 7) is 0. The van der Waals surface area contributed by atoms with Gasteiger partial charge in [0, 0.05) is 18.1 Å². The van der Waals surface area contributed by atoms with Crippen LogP contribution in [0, 0.1) is 5.82 Å². The third-order valence-electron chi connectivity index (χ3n) is 2.06. The summed E-state index contributed by atoms with van der Waals surface area (Å²) in [6, 6.07) is 7.48. The quantitative estimate of drug-likeness (QED) is 0.695. The van der Waals surface area contributed by atoms with Gasteiger partial charge in [-0.25, -0.2) is 4.39 Å². The number of rotatable bonds is 3. The highest BCUT2D eigenvalue weighted by atomic mass is 19.1. The van der Waals surface area contributed by atoms with Gasteiger partial charge in [-0.3, -0.25) is 15.7 Å². The lowest BCUT2D eigenvalue weighted by molar-refractivity contribution is 0.389. The second-order valence-electron chi connectivity index (χ2n) is 3.16. The van der Waals surface area contributed by atoms with Gasteiger partial charge in [0.15, 0.2) is 0 Å². The van der Waals surface area contributed by atoms with Gasteiger partial charge in [-0.15, -0.1) is 0 Å². The summed E-state index contributed by atoms with van der Waals surface area (Å²) in [5.41, 5.74) is 3.61. The van der Waals surface area contributed by atoms with Crippen LogP contribution < -0.4 is 10.8 Å². The van der Waals surface area contributed by atoms with Gasteiger partial charge in [0.25, 0.3) is 0 Å². The lowest BCUT2D eigenvalue weighted by atomic mass is 10.2. The molecule has 0 spiro atoms. The summed E-state index contributed by atoms with van der Waals surface area (Å²) in [5, 5.41) is 11.8. The number of anilines is 3. The molecule has 0 fully saturated rings. The highest BCUT2D eigenvalue weighted by Crippen LogP contribution is 2.25. The first-order valence-corrected chi connectivity index (χ1v) is 4.66. The molecule has 0 atom stereocenters. The molecule has 0 aliphatic carbocycles. The van der Waals surface area contributed by atoms with E-state index in [9.17, 15) is 4.39 Å². The third kappa shape index (κ3) is 2.26. The molecule has 0 aliphatic rings. The molecule has 4 nitrogen and oxygen atoms in total. The summed E-state index contributed by atoms with van der Waals surface area (Å²) in [5.74, 6) is -0.379. The summed E-state index contributed by atoms with van der Waals surface area (Å²) < 4.78 is 13.0. The fourth-order valence-electron chi connectivity index (χ4n) is 1.31. The minimum absolute atomic E-state index is 0.379. The van der Waals surface area contributed by atoms with Gasteiger partial charge in [-0.1, -0.05) is 0 Å². The Bertz CT molecular complexity index is 476. The predicted octanol–water partition coefficient (Wildman–Crippen LogP) is 2.77. The topological polar surface area (TPSA) is 57.2 Å². The van der Waals surface area contributed by atoms with E-state index in [1.54, 1.807) is 24.5 Å². The minimum atomic E-state index is -0.379. The van der Waals surface area contributed by atoms with Crippen LogP contribution in [0.1, 0.15) is 0 Å². The normalized spacial score (nSPS) is 9.88. The smallest absolute Gasteiger partial charge is 0.125 e.